The molecule has 0 radical (unpaired) electrons. The van der Waals surface area contributed by atoms with E-state index in [0.717, 1.165) is 11.0 Å². The Morgan fingerprint density at radius 1 is 1.10 bits per heavy atom. The van der Waals surface area contributed by atoms with Crippen molar-refractivity contribution in [2.45, 2.75) is 6.42 Å². The van der Waals surface area contributed by atoms with Crippen molar-refractivity contribution < 1.29 is 19.1 Å². The molecule has 0 bridgehead atoms. The van der Waals surface area contributed by atoms with Crippen molar-refractivity contribution in [1.82, 2.24) is 0 Å². The van der Waals surface area contributed by atoms with Gasteiger partial charge in [0.05, 0.1) is 12.1 Å². The Balaban J connectivity index is 2.11. The average molecular weight is 271 g/mol. The van der Waals surface area contributed by atoms with E-state index in [2.05, 4.69) is 0 Å². The van der Waals surface area contributed by atoms with Crippen LogP contribution in [0.3, 0.4) is 0 Å². The highest BCUT2D eigenvalue weighted by atomic mass is 19.1. The summed E-state index contributed by atoms with van der Waals surface area (Å²) in [6.07, 6.45) is 0.0439. The highest BCUT2D eigenvalue weighted by molar-refractivity contribution is 6.24. The number of nitrogens with zero attached hydrogens (tertiary/aromatic N) is 1. The number of halogens is 1. The van der Waals surface area contributed by atoms with Crippen LogP contribution in [0, 0.1) is 5.82 Å². The number of imide groups is 1. The molecule has 0 atom stereocenters. The van der Waals surface area contributed by atoms with Gasteiger partial charge in [0.1, 0.15) is 5.75 Å². The van der Waals surface area contributed by atoms with Gasteiger partial charge in [0, 0.05) is 11.6 Å². The Kier molecular flexibility index (Phi) is 2.75. The smallest absolute Gasteiger partial charge is 0.265 e. The van der Waals surface area contributed by atoms with Crippen molar-refractivity contribution >= 4 is 17.5 Å². The molecule has 1 aliphatic rings. The number of fused-ring (bicyclic) bond motifs is 1. The van der Waals surface area contributed by atoms with E-state index in [1.807, 2.05) is 0 Å². The van der Waals surface area contributed by atoms with Gasteiger partial charge in [0.2, 0.25) is 5.91 Å². The number of amides is 2. The Bertz CT molecular complexity index is 727. The third-order valence-electron chi connectivity index (χ3n) is 3.21. The summed E-state index contributed by atoms with van der Waals surface area (Å²) in [5, 5.41) is 9.20. The van der Waals surface area contributed by atoms with Crippen LogP contribution in [0.1, 0.15) is 15.9 Å². The maximum Gasteiger partial charge on any atom is 0.265 e. The van der Waals surface area contributed by atoms with Crippen molar-refractivity contribution in [2.75, 3.05) is 4.90 Å². The Morgan fingerprint density at radius 2 is 1.85 bits per heavy atom. The van der Waals surface area contributed by atoms with Gasteiger partial charge in [-0.05, 0) is 23.8 Å². The topological polar surface area (TPSA) is 57.6 Å². The minimum absolute atomic E-state index is 0.0439. The molecule has 2 amide bonds. The molecule has 4 nitrogen and oxygen atoms in total. The largest absolute Gasteiger partial charge is 0.508 e. The number of hydrogen-bond donors (Lipinski definition) is 1. The molecule has 1 N–H and O–H groups in total. The predicted molar refractivity (Wildman–Crippen MR) is 70.0 cm³/mol. The summed E-state index contributed by atoms with van der Waals surface area (Å²) in [5.74, 6) is -2.12. The Labute approximate surface area is 114 Å². The first-order chi connectivity index (χ1) is 9.58. The van der Waals surface area contributed by atoms with E-state index in [9.17, 15) is 19.1 Å². The monoisotopic (exact) mass is 271 g/mol. The fraction of sp³-hybridized carbons (Fsp3) is 0.0667. The molecule has 100 valence electrons. The van der Waals surface area contributed by atoms with E-state index in [1.165, 1.54) is 12.1 Å². The lowest BCUT2D eigenvalue weighted by Crippen LogP contribution is -2.42. The van der Waals surface area contributed by atoms with Gasteiger partial charge in [0.15, 0.2) is 5.82 Å². The zero-order chi connectivity index (χ0) is 14.3. The second-order valence-electron chi connectivity index (χ2n) is 4.50. The molecule has 0 spiro atoms. The number of phenols is 1. The van der Waals surface area contributed by atoms with Crippen molar-refractivity contribution in [2.24, 2.45) is 0 Å². The quantitative estimate of drug-likeness (QED) is 0.809. The lowest BCUT2D eigenvalue weighted by Gasteiger charge is -2.27. The van der Waals surface area contributed by atoms with Gasteiger partial charge in [-0.2, -0.15) is 0 Å². The Morgan fingerprint density at radius 3 is 2.60 bits per heavy atom. The zero-order valence-electron chi connectivity index (χ0n) is 10.3. The van der Waals surface area contributed by atoms with Gasteiger partial charge >= 0.3 is 0 Å². The maximum atomic E-state index is 13.9. The highest BCUT2D eigenvalue weighted by Crippen LogP contribution is 2.29. The number of rotatable bonds is 1. The molecule has 1 heterocycles. The molecular weight excluding hydrogens is 261 g/mol. The lowest BCUT2D eigenvalue weighted by molar-refractivity contribution is -0.117. The summed E-state index contributed by atoms with van der Waals surface area (Å²) in [6, 6.07) is 10.1. The molecule has 3 rings (SSSR count). The van der Waals surface area contributed by atoms with E-state index >= 15 is 0 Å². The van der Waals surface area contributed by atoms with Crippen LogP contribution in [0.4, 0.5) is 10.1 Å². The normalized spacial score (nSPS) is 14.3. The van der Waals surface area contributed by atoms with E-state index in [-0.39, 0.29) is 17.9 Å². The first-order valence-corrected chi connectivity index (χ1v) is 6.01. The number of aromatic hydroxyl groups is 1. The van der Waals surface area contributed by atoms with Crippen LogP contribution in [0.15, 0.2) is 42.5 Å². The highest BCUT2D eigenvalue weighted by Gasteiger charge is 2.33. The molecule has 2 aromatic rings. The van der Waals surface area contributed by atoms with Gasteiger partial charge < -0.3 is 5.11 Å². The van der Waals surface area contributed by atoms with Crippen molar-refractivity contribution in [3.63, 3.8) is 0 Å². The number of carbonyl (C=O) groups excluding carboxylic acids is 2. The molecule has 1 aliphatic heterocycles. The predicted octanol–water partition coefficient (Wildman–Crippen LogP) is 2.26. The molecule has 20 heavy (non-hydrogen) atoms. The van der Waals surface area contributed by atoms with Crippen LogP contribution in [0.2, 0.25) is 0 Å². The summed E-state index contributed by atoms with van der Waals surface area (Å²) < 4.78 is 13.9. The lowest BCUT2D eigenvalue weighted by atomic mass is 9.98. The summed E-state index contributed by atoms with van der Waals surface area (Å²) in [4.78, 5) is 25.2. The molecule has 2 aromatic carbocycles. The standard InChI is InChI=1S/C15H10FNO3/c16-12-8-10(18)5-6-13(12)17-14(19)7-9-3-1-2-4-11(9)15(17)20/h1-6,8,18H,7H2. The molecule has 5 heteroatoms. The maximum absolute atomic E-state index is 13.9. The average Bonchev–Trinajstić information content (AvgIpc) is 2.41. The molecule has 0 aromatic heterocycles. The van der Waals surface area contributed by atoms with E-state index in [0.29, 0.717) is 11.1 Å². The number of benzene rings is 2. The van der Waals surface area contributed by atoms with E-state index in [4.69, 9.17) is 0 Å². The zero-order valence-corrected chi connectivity index (χ0v) is 10.3. The molecular formula is C15H10FNO3. The van der Waals surface area contributed by atoms with Gasteiger partial charge in [0.25, 0.3) is 5.91 Å². The summed E-state index contributed by atoms with van der Waals surface area (Å²) >= 11 is 0. The number of hydrogen-bond acceptors (Lipinski definition) is 3. The minimum Gasteiger partial charge on any atom is -0.508 e. The minimum atomic E-state index is -0.814. The SMILES string of the molecule is O=C1Cc2ccccc2C(=O)N1c1ccc(O)cc1F. The summed E-state index contributed by atoms with van der Waals surface area (Å²) in [5.41, 5.74) is 0.879. The van der Waals surface area contributed by atoms with Gasteiger partial charge in [-0.25, -0.2) is 9.29 Å². The number of carbonyl (C=O) groups is 2. The first kappa shape index (κ1) is 12.3. The summed E-state index contributed by atoms with van der Waals surface area (Å²) in [7, 11) is 0. The van der Waals surface area contributed by atoms with Crippen LogP contribution >= 0.6 is 0 Å². The van der Waals surface area contributed by atoms with Crippen molar-refractivity contribution in [3.8, 4) is 5.75 Å². The third-order valence-corrected chi connectivity index (χ3v) is 3.21. The number of phenolic OH excluding ortho intramolecular Hbond substituents is 1. The Hall–Kier alpha value is -2.69. The van der Waals surface area contributed by atoms with Crippen molar-refractivity contribution in [3.05, 3.63) is 59.4 Å². The van der Waals surface area contributed by atoms with Crippen LogP contribution in [0.5, 0.6) is 5.75 Å². The first-order valence-electron chi connectivity index (χ1n) is 6.01. The fourth-order valence-electron chi connectivity index (χ4n) is 2.28. The number of anilines is 1. The van der Waals surface area contributed by atoms with E-state index in [1.54, 1.807) is 24.3 Å². The third kappa shape index (κ3) is 1.84. The van der Waals surface area contributed by atoms with Crippen LogP contribution in [0.25, 0.3) is 0 Å². The van der Waals surface area contributed by atoms with Gasteiger partial charge in [-0.3, -0.25) is 9.59 Å². The van der Waals surface area contributed by atoms with Crippen LogP contribution < -0.4 is 4.90 Å². The summed E-state index contributed by atoms with van der Waals surface area (Å²) in [6.45, 7) is 0. The second-order valence-corrected chi connectivity index (χ2v) is 4.50. The molecule has 0 aliphatic carbocycles. The van der Waals surface area contributed by atoms with Gasteiger partial charge in [-0.15, -0.1) is 0 Å². The molecule has 0 fully saturated rings. The van der Waals surface area contributed by atoms with Crippen LogP contribution in [-0.2, 0) is 11.2 Å². The molecule has 0 saturated carbocycles. The molecule has 0 saturated heterocycles. The van der Waals surface area contributed by atoms with Crippen LogP contribution in [-0.4, -0.2) is 16.9 Å². The fourth-order valence-corrected chi connectivity index (χ4v) is 2.28. The van der Waals surface area contributed by atoms with E-state index < -0.39 is 17.6 Å². The molecule has 0 unspecified atom stereocenters. The van der Waals surface area contributed by atoms with Crippen molar-refractivity contribution in [1.29, 1.82) is 0 Å². The van der Waals surface area contributed by atoms with Gasteiger partial charge in [-0.1, -0.05) is 18.2 Å². The second kappa shape index (κ2) is 4.45.